The standard InChI is InChI=1S/C24H32N2O4S.C2H6/c1-17-19(20-15-24(2,3)11-10-21(20)26(17)16-23(27)28)14-18-8-4-5-9-22(18)31(29,30)25-12-6-7-13-25;1-2/h4-5,8-9H,6-7,10-16H2,1-3H3,(H,27,28);1-2H3. The first-order valence-corrected chi connectivity index (χ1v) is 13.5. The van der Waals surface area contributed by atoms with Crippen molar-refractivity contribution in [3.8, 4) is 0 Å². The second-order valence-corrected chi connectivity index (χ2v) is 11.6. The van der Waals surface area contributed by atoms with E-state index in [2.05, 4.69) is 13.8 Å². The molecular formula is C26H38N2O4S. The zero-order valence-electron chi connectivity index (χ0n) is 20.6. The van der Waals surface area contributed by atoms with Crippen LogP contribution in [0.1, 0.15) is 75.0 Å². The van der Waals surface area contributed by atoms with Gasteiger partial charge in [0, 0.05) is 30.9 Å². The monoisotopic (exact) mass is 474 g/mol. The number of carboxylic acid groups (broad SMARTS) is 1. The molecule has 6 nitrogen and oxygen atoms in total. The average molecular weight is 475 g/mol. The lowest BCUT2D eigenvalue weighted by Gasteiger charge is -2.31. The van der Waals surface area contributed by atoms with Crippen LogP contribution in [0.3, 0.4) is 0 Å². The predicted octanol–water partition coefficient (Wildman–Crippen LogP) is 4.80. The molecule has 1 fully saturated rings. The third-order valence-corrected chi connectivity index (χ3v) is 8.89. The number of carboxylic acids is 1. The summed E-state index contributed by atoms with van der Waals surface area (Å²) in [7, 11) is -3.53. The lowest BCUT2D eigenvalue weighted by atomic mass is 9.75. The summed E-state index contributed by atoms with van der Waals surface area (Å²) in [5.74, 6) is -0.853. The Hall–Kier alpha value is -2.12. The molecule has 2 aliphatic rings. The van der Waals surface area contributed by atoms with Crippen LogP contribution in [-0.4, -0.2) is 41.5 Å². The molecule has 33 heavy (non-hydrogen) atoms. The maximum atomic E-state index is 13.3. The Kier molecular flexibility index (Phi) is 7.74. The van der Waals surface area contributed by atoms with Crippen molar-refractivity contribution < 1.29 is 18.3 Å². The number of hydrogen-bond acceptors (Lipinski definition) is 3. The summed E-state index contributed by atoms with van der Waals surface area (Å²) >= 11 is 0. The molecule has 0 atom stereocenters. The predicted molar refractivity (Wildman–Crippen MR) is 131 cm³/mol. The van der Waals surface area contributed by atoms with Gasteiger partial charge in [0.25, 0.3) is 0 Å². The molecule has 0 unspecified atom stereocenters. The number of hydrogen-bond donors (Lipinski definition) is 1. The smallest absolute Gasteiger partial charge is 0.323 e. The molecule has 1 aliphatic heterocycles. The lowest BCUT2D eigenvalue weighted by molar-refractivity contribution is -0.137. The first-order chi connectivity index (χ1) is 15.6. The van der Waals surface area contributed by atoms with Crippen LogP contribution >= 0.6 is 0 Å². The van der Waals surface area contributed by atoms with Gasteiger partial charge in [-0.3, -0.25) is 4.79 Å². The first-order valence-electron chi connectivity index (χ1n) is 12.1. The maximum Gasteiger partial charge on any atom is 0.323 e. The number of nitrogens with zero attached hydrogens (tertiary/aromatic N) is 2. The molecule has 2 aromatic rings. The van der Waals surface area contributed by atoms with Gasteiger partial charge in [0.2, 0.25) is 10.0 Å². The van der Waals surface area contributed by atoms with Crippen LogP contribution in [0.15, 0.2) is 29.2 Å². The third kappa shape index (κ3) is 5.19. The van der Waals surface area contributed by atoms with E-state index < -0.39 is 16.0 Å². The highest BCUT2D eigenvalue weighted by Gasteiger charge is 2.33. The molecule has 0 radical (unpaired) electrons. The quantitative estimate of drug-likeness (QED) is 0.652. The summed E-state index contributed by atoms with van der Waals surface area (Å²) in [6, 6.07) is 7.28. The van der Waals surface area contributed by atoms with Crippen molar-refractivity contribution in [2.45, 2.75) is 84.6 Å². The topological polar surface area (TPSA) is 79.6 Å². The van der Waals surface area contributed by atoms with Crippen molar-refractivity contribution in [2.75, 3.05) is 13.1 Å². The SMILES string of the molecule is CC.Cc1c(Cc2ccccc2S(=O)(=O)N2CCCC2)c2c(n1CC(=O)O)CCC(C)(C)C2. The van der Waals surface area contributed by atoms with Gasteiger partial charge in [0.1, 0.15) is 6.54 Å². The van der Waals surface area contributed by atoms with Crippen LogP contribution in [0, 0.1) is 12.3 Å². The van der Waals surface area contributed by atoms with Crippen LogP contribution in [0.4, 0.5) is 0 Å². The Morgan fingerprint density at radius 1 is 1.12 bits per heavy atom. The number of sulfonamides is 1. The van der Waals surface area contributed by atoms with Crippen molar-refractivity contribution >= 4 is 16.0 Å². The highest BCUT2D eigenvalue weighted by atomic mass is 32.2. The third-order valence-electron chi connectivity index (χ3n) is 6.89. The number of aliphatic carboxylic acids is 1. The van der Waals surface area contributed by atoms with E-state index >= 15 is 0 Å². The Bertz CT molecular complexity index is 1110. The molecule has 7 heteroatoms. The molecule has 1 aromatic heterocycles. The summed E-state index contributed by atoms with van der Waals surface area (Å²) in [6.07, 6.45) is 5.06. The molecule has 2 heterocycles. The lowest BCUT2D eigenvalue weighted by Crippen LogP contribution is -2.28. The molecular weight excluding hydrogens is 436 g/mol. The Balaban J connectivity index is 0.00000149. The van der Waals surface area contributed by atoms with Crippen molar-refractivity contribution in [3.05, 3.63) is 52.3 Å². The molecule has 0 amide bonds. The minimum absolute atomic E-state index is 0.0533. The van der Waals surface area contributed by atoms with Gasteiger partial charge >= 0.3 is 5.97 Å². The zero-order valence-corrected chi connectivity index (χ0v) is 21.5. The summed E-state index contributed by atoms with van der Waals surface area (Å²) < 4.78 is 30.2. The van der Waals surface area contributed by atoms with Gasteiger partial charge in [-0.2, -0.15) is 4.31 Å². The molecule has 0 saturated carbocycles. The molecule has 182 valence electrons. The van der Waals surface area contributed by atoms with Crippen molar-refractivity contribution in [2.24, 2.45) is 5.41 Å². The van der Waals surface area contributed by atoms with Gasteiger partial charge in [-0.15, -0.1) is 0 Å². The summed E-state index contributed by atoms with van der Waals surface area (Å²) in [6.45, 7) is 11.6. The fourth-order valence-electron chi connectivity index (χ4n) is 5.18. The molecule has 1 N–H and O–H groups in total. The Morgan fingerprint density at radius 2 is 1.76 bits per heavy atom. The minimum Gasteiger partial charge on any atom is -0.480 e. The molecule has 1 saturated heterocycles. The van der Waals surface area contributed by atoms with Crippen LogP contribution in [0.2, 0.25) is 0 Å². The van der Waals surface area contributed by atoms with Gasteiger partial charge in [0.15, 0.2) is 0 Å². The second kappa shape index (κ2) is 10.0. The van der Waals surface area contributed by atoms with Crippen molar-refractivity contribution in [1.82, 2.24) is 8.87 Å². The second-order valence-electron chi connectivity index (χ2n) is 9.71. The van der Waals surface area contributed by atoms with E-state index in [0.29, 0.717) is 24.4 Å². The zero-order chi connectivity index (χ0) is 24.4. The largest absolute Gasteiger partial charge is 0.480 e. The highest BCUT2D eigenvalue weighted by Crippen LogP contribution is 2.40. The number of rotatable bonds is 6. The van der Waals surface area contributed by atoms with Gasteiger partial charge < -0.3 is 9.67 Å². The fraction of sp³-hybridized carbons (Fsp3) is 0.577. The van der Waals surface area contributed by atoms with E-state index in [9.17, 15) is 18.3 Å². The Morgan fingerprint density at radius 3 is 2.39 bits per heavy atom. The van der Waals surface area contributed by atoms with E-state index in [0.717, 1.165) is 54.6 Å². The summed E-state index contributed by atoms with van der Waals surface area (Å²) in [4.78, 5) is 11.9. The Labute approximate surface area is 198 Å². The van der Waals surface area contributed by atoms with E-state index in [1.54, 1.807) is 16.4 Å². The van der Waals surface area contributed by atoms with E-state index in [-0.39, 0.29) is 12.0 Å². The number of aromatic nitrogens is 1. The van der Waals surface area contributed by atoms with Crippen molar-refractivity contribution in [3.63, 3.8) is 0 Å². The number of benzene rings is 1. The molecule has 1 aromatic carbocycles. The summed E-state index contributed by atoms with van der Waals surface area (Å²) in [5, 5.41) is 9.46. The van der Waals surface area contributed by atoms with Crippen LogP contribution in [0.25, 0.3) is 0 Å². The van der Waals surface area contributed by atoms with Gasteiger partial charge in [0.05, 0.1) is 4.90 Å². The minimum atomic E-state index is -3.53. The van der Waals surface area contributed by atoms with Crippen LogP contribution in [-0.2, 0) is 40.6 Å². The van der Waals surface area contributed by atoms with Crippen LogP contribution in [0.5, 0.6) is 0 Å². The number of fused-ring (bicyclic) bond motifs is 1. The average Bonchev–Trinajstić information content (AvgIpc) is 3.39. The first kappa shape index (κ1) is 25.5. The highest BCUT2D eigenvalue weighted by molar-refractivity contribution is 7.89. The molecule has 1 aliphatic carbocycles. The van der Waals surface area contributed by atoms with Gasteiger partial charge in [-0.25, -0.2) is 8.42 Å². The van der Waals surface area contributed by atoms with Crippen LogP contribution < -0.4 is 0 Å². The maximum absolute atomic E-state index is 13.3. The van der Waals surface area contributed by atoms with Crippen molar-refractivity contribution in [1.29, 1.82) is 0 Å². The van der Waals surface area contributed by atoms with Gasteiger partial charge in [-0.05, 0) is 67.2 Å². The van der Waals surface area contributed by atoms with E-state index in [1.165, 1.54) is 5.56 Å². The number of carbonyl (C=O) groups is 1. The molecule has 0 spiro atoms. The van der Waals surface area contributed by atoms with E-state index in [4.69, 9.17) is 0 Å². The molecule has 4 rings (SSSR count). The normalized spacial score (nSPS) is 17.8. The fourth-order valence-corrected chi connectivity index (χ4v) is 6.92. The van der Waals surface area contributed by atoms with E-state index in [1.807, 2.05) is 37.5 Å². The van der Waals surface area contributed by atoms with Gasteiger partial charge in [-0.1, -0.05) is 45.9 Å². The summed E-state index contributed by atoms with van der Waals surface area (Å²) in [5.41, 5.74) is 5.28. The molecule has 0 bridgehead atoms.